The molecule has 2 aliphatic rings. The Hall–Kier alpha value is -0.610. The Morgan fingerprint density at radius 2 is 1.84 bits per heavy atom. The van der Waals surface area contributed by atoms with Gasteiger partial charge in [0.2, 0.25) is 0 Å². The van der Waals surface area contributed by atoms with E-state index in [0.29, 0.717) is 31.2 Å². The highest BCUT2D eigenvalue weighted by atomic mass is 16.5. The summed E-state index contributed by atoms with van der Waals surface area (Å²) in [4.78, 5) is 14.7. The van der Waals surface area contributed by atoms with Crippen molar-refractivity contribution in [3.05, 3.63) is 0 Å². The highest BCUT2D eigenvalue weighted by molar-refractivity contribution is 5.82. The van der Waals surface area contributed by atoms with Crippen LogP contribution in [0.5, 0.6) is 0 Å². The van der Waals surface area contributed by atoms with Gasteiger partial charge in [-0.3, -0.25) is 4.90 Å². The predicted molar refractivity (Wildman–Crippen MR) is 75.8 cm³/mol. The van der Waals surface area contributed by atoms with E-state index in [-0.39, 0.29) is 5.97 Å². The molecule has 0 amide bonds. The molecule has 1 saturated carbocycles. The zero-order chi connectivity index (χ0) is 14.0. The van der Waals surface area contributed by atoms with Gasteiger partial charge in [0.15, 0.2) is 0 Å². The van der Waals surface area contributed by atoms with Crippen molar-refractivity contribution in [2.75, 3.05) is 13.2 Å². The van der Waals surface area contributed by atoms with Crippen LogP contribution < -0.4 is 5.73 Å². The minimum atomic E-state index is -0.796. The Morgan fingerprint density at radius 1 is 1.26 bits per heavy atom. The third-order valence-electron chi connectivity index (χ3n) is 4.78. The topological polar surface area (TPSA) is 55.6 Å². The first-order valence-corrected chi connectivity index (χ1v) is 7.71. The first kappa shape index (κ1) is 14.8. The molecule has 0 spiro atoms. The number of nitrogens with two attached hydrogens (primary N) is 1. The van der Waals surface area contributed by atoms with Crippen LogP contribution in [0.3, 0.4) is 0 Å². The molecule has 0 radical (unpaired) electrons. The molecule has 1 aliphatic carbocycles. The molecule has 2 rings (SSSR count). The normalized spacial score (nSPS) is 31.8. The van der Waals surface area contributed by atoms with E-state index in [1.165, 1.54) is 19.3 Å². The lowest BCUT2D eigenvalue weighted by Crippen LogP contribution is -2.62. The average molecular weight is 268 g/mol. The molecule has 19 heavy (non-hydrogen) atoms. The second-order valence-electron chi connectivity index (χ2n) is 6.34. The van der Waals surface area contributed by atoms with E-state index >= 15 is 0 Å². The summed E-state index contributed by atoms with van der Waals surface area (Å²) in [6, 6.07) is 1.03. The van der Waals surface area contributed by atoms with Crippen molar-refractivity contribution < 1.29 is 9.53 Å². The first-order valence-electron chi connectivity index (χ1n) is 7.71. The van der Waals surface area contributed by atoms with Crippen LogP contribution in [0.1, 0.15) is 52.9 Å². The van der Waals surface area contributed by atoms with E-state index in [2.05, 4.69) is 18.7 Å². The van der Waals surface area contributed by atoms with Crippen LogP contribution >= 0.6 is 0 Å². The van der Waals surface area contributed by atoms with Gasteiger partial charge in [0, 0.05) is 18.6 Å². The summed E-state index contributed by atoms with van der Waals surface area (Å²) in [6.07, 6.45) is 5.80. The Labute approximate surface area is 116 Å². The molecular formula is C15H28N2O2. The fourth-order valence-electron chi connectivity index (χ4n) is 3.31. The minimum Gasteiger partial charge on any atom is -0.465 e. The third kappa shape index (κ3) is 3.11. The van der Waals surface area contributed by atoms with Crippen LogP contribution in [0.15, 0.2) is 0 Å². The van der Waals surface area contributed by atoms with Gasteiger partial charge >= 0.3 is 5.97 Å². The van der Waals surface area contributed by atoms with E-state index in [1.54, 1.807) is 0 Å². The van der Waals surface area contributed by atoms with E-state index in [1.807, 2.05) is 6.92 Å². The van der Waals surface area contributed by atoms with Crippen molar-refractivity contribution >= 4 is 5.97 Å². The molecule has 1 aliphatic heterocycles. The second-order valence-corrected chi connectivity index (χ2v) is 6.34. The molecule has 1 unspecified atom stereocenters. The number of ether oxygens (including phenoxy) is 1. The molecule has 3 atom stereocenters. The zero-order valence-corrected chi connectivity index (χ0v) is 12.5. The maximum atomic E-state index is 12.3. The molecule has 1 saturated heterocycles. The zero-order valence-electron chi connectivity index (χ0n) is 12.5. The molecule has 0 aromatic carbocycles. The van der Waals surface area contributed by atoms with Crippen LogP contribution in [0, 0.1) is 5.92 Å². The molecule has 0 aromatic rings. The molecule has 110 valence electrons. The van der Waals surface area contributed by atoms with Gasteiger partial charge in [-0.1, -0.05) is 6.42 Å². The lowest BCUT2D eigenvalue weighted by Gasteiger charge is -2.43. The average Bonchev–Trinajstić information content (AvgIpc) is 3.18. The Balaban J connectivity index is 2.09. The largest absolute Gasteiger partial charge is 0.465 e. The van der Waals surface area contributed by atoms with E-state index in [4.69, 9.17) is 10.5 Å². The van der Waals surface area contributed by atoms with Gasteiger partial charge in [-0.2, -0.15) is 0 Å². The number of carbonyl (C=O) groups is 1. The van der Waals surface area contributed by atoms with E-state index in [0.717, 1.165) is 12.8 Å². The fraction of sp³-hybridized carbons (Fsp3) is 0.933. The third-order valence-corrected chi connectivity index (χ3v) is 4.78. The van der Waals surface area contributed by atoms with Crippen molar-refractivity contribution in [1.29, 1.82) is 0 Å². The lowest BCUT2D eigenvalue weighted by atomic mass is 9.89. The molecular weight excluding hydrogens is 240 g/mol. The summed E-state index contributed by atoms with van der Waals surface area (Å²) in [6.45, 7) is 7.40. The van der Waals surface area contributed by atoms with Crippen molar-refractivity contribution in [3.63, 3.8) is 0 Å². The van der Waals surface area contributed by atoms with Gasteiger partial charge in [0.1, 0.15) is 5.54 Å². The molecule has 0 bridgehead atoms. The molecule has 2 fully saturated rings. The first-order chi connectivity index (χ1) is 8.99. The SMILES string of the molecule is CCOC(=O)C(N)(CN1[C@H](C)CCC[C@@H]1C)C1CC1. The number of piperidine rings is 1. The highest BCUT2D eigenvalue weighted by Gasteiger charge is 2.51. The van der Waals surface area contributed by atoms with E-state index < -0.39 is 5.54 Å². The highest BCUT2D eigenvalue weighted by Crippen LogP contribution is 2.40. The Morgan fingerprint density at radius 3 is 2.32 bits per heavy atom. The van der Waals surface area contributed by atoms with Gasteiger partial charge in [-0.25, -0.2) is 4.79 Å². The van der Waals surface area contributed by atoms with Crippen molar-refractivity contribution in [3.8, 4) is 0 Å². The fourth-order valence-corrected chi connectivity index (χ4v) is 3.31. The lowest BCUT2D eigenvalue weighted by molar-refractivity contribution is -0.152. The van der Waals surface area contributed by atoms with Crippen molar-refractivity contribution in [2.45, 2.75) is 70.5 Å². The molecule has 2 N–H and O–H groups in total. The number of esters is 1. The van der Waals surface area contributed by atoms with E-state index in [9.17, 15) is 4.79 Å². The van der Waals surface area contributed by atoms with Crippen LogP contribution in [-0.4, -0.2) is 41.6 Å². The number of hydrogen-bond donors (Lipinski definition) is 1. The van der Waals surface area contributed by atoms with Crippen LogP contribution in [0.4, 0.5) is 0 Å². The smallest absolute Gasteiger partial charge is 0.327 e. The maximum absolute atomic E-state index is 12.3. The number of nitrogens with zero attached hydrogens (tertiary/aromatic N) is 1. The minimum absolute atomic E-state index is 0.206. The maximum Gasteiger partial charge on any atom is 0.327 e. The summed E-state index contributed by atoms with van der Waals surface area (Å²) in [7, 11) is 0. The number of rotatable bonds is 5. The predicted octanol–water partition coefficient (Wildman–Crippen LogP) is 1.92. The summed E-state index contributed by atoms with van der Waals surface area (Å²) >= 11 is 0. The summed E-state index contributed by atoms with van der Waals surface area (Å²) in [5.41, 5.74) is 5.68. The number of likely N-dealkylation sites (tertiary alicyclic amines) is 1. The van der Waals surface area contributed by atoms with Gasteiger partial charge in [-0.15, -0.1) is 0 Å². The van der Waals surface area contributed by atoms with Crippen molar-refractivity contribution in [1.82, 2.24) is 4.90 Å². The monoisotopic (exact) mass is 268 g/mol. The quantitative estimate of drug-likeness (QED) is 0.774. The summed E-state index contributed by atoms with van der Waals surface area (Å²) in [5.74, 6) is 0.107. The Kier molecular flexibility index (Phi) is 4.51. The molecule has 0 aromatic heterocycles. The number of hydrogen-bond acceptors (Lipinski definition) is 4. The van der Waals surface area contributed by atoms with Gasteiger partial charge < -0.3 is 10.5 Å². The summed E-state index contributed by atoms with van der Waals surface area (Å²) in [5, 5.41) is 0. The molecule has 1 heterocycles. The second kappa shape index (κ2) is 5.80. The van der Waals surface area contributed by atoms with Gasteiger partial charge in [0.05, 0.1) is 6.61 Å². The van der Waals surface area contributed by atoms with Gasteiger partial charge in [0.25, 0.3) is 0 Å². The van der Waals surface area contributed by atoms with Gasteiger partial charge in [-0.05, 0) is 52.4 Å². The van der Waals surface area contributed by atoms with Crippen molar-refractivity contribution in [2.24, 2.45) is 11.7 Å². The molecule has 4 nitrogen and oxygen atoms in total. The number of carbonyl (C=O) groups excluding carboxylic acids is 1. The van der Waals surface area contributed by atoms with Crippen LogP contribution in [0.25, 0.3) is 0 Å². The Bertz CT molecular complexity index is 320. The van der Waals surface area contributed by atoms with Crippen LogP contribution in [-0.2, 0) is 9.53 Å². The molecule has 4 heteroatoms. The summed E-state index contributed by atoms with van der Waals surface area (Å²) < 4.78 is 5.23. The standard InChI is InChI=1S/C15H28N2O2/c1-4-19-14(18)15(16,13-8-9-13)10-17-11(2)6-5-7-12(17)3/h11-13H,4-10,16H2,1-3H3/t11-,12+,15?. The van der Waals surface area contributed by atoms with Crippen LogP contribution in [0.2, 0.25) is 0 Å².